The molecule has 0 aromatic heterocycles. The van der Waals surface area contributed by atoms with Gasteiger partial charge in [-0.15, -0.1) is 0 Å². The largest absolute Gasteiger partial charge is 0.497 e. The zero-order valence-electron chi connectivity index (χ0n) is 19.2. The molecule has 0 spiro atoms. The van der Waals surface area contributed by atoms with E-state index in [4.69, 9.17) is 9.47 Å². The van der Waals surface area contributed by atoms with Crippen molar-refractivity contribution in [2.45, 2.75) is 44.8 Å². The number of carbonyl (C=O) groups excluding carboxylic acids is 4. The third-order valence-electron chi connectivity index (χ3n) is 6.52. The van der Waals surface area contributed by atoms with Crippen LogP contribution in [0.3, 0.4) is 0 Å². The first-order valence-corrected chi connectivity index (χ1v) is 11.5. The van der Waals surface area contributed by atoms with Gasteiger partial charge in [-0.3, -0.25) is 19.3 Å². The number of benzene rings is 2. The number of imide groups is 1. The van der Waals surface area contributed by atoms with Crippen LogP contribution in [0.1, 0.15) is 44.3 Å². The smallest absolute Gasteiger partial charge is 0.330 e. The van der Waals surface area contributed by atoms with Gasteiger partial charge in [-0.25, -0.2) is 4.79 Å². The minimum absolute atomic E-state index is 0.323. The van der Waals surface area contributed by atoms with Crippen molar-refractivity contribution in [1.29, 1.82) is 0 Å². The highest BCUT2D eigenvalue weighted by atomic mass is 16.5. The van der Waals surface area contributed by atoms with Crippen LogP contribution >= 0.6 is 0 Å². The topological polar surface area (TPSA) is 102 Å². The van der Waals surface area contributed by atoms with Gasteiger partial charge in [0, 0.05) is 17.3 Å². The van der Waals surface area contributed by atoms with Gasteiger partial charge in [-0.05, 0) is 31.9 Å². The van der Waals surface area contributed by atoms with E-state index in [1.807, 2.05) is 0 Å². The predicted octanol–water partition coefficient (Wildman–Crippen LogP) is 3.48. The van der Waals surface area contributed by atoms with E-state index in [-0.39, 0.29) is 23.7 Å². The van der Waals surface area contributed by atoms with Crippen LogP contribution in [0.25, 0.3) is 0 Å². The van der Waals surface area contributed by atoms with Crippen molar-refractivity contribution in [3.63, 3.8) is 0 Å². The quantitative estimate of drug-likeness (QED) is 0.497. The third-order valence-corrected chi connectivity index (χ3v) is 6.52. The second-order valence-electron chi connectivity index (χ2n) is 8.67. The molecule has 3 amide bonds. The Morgan fingerprint density at radius 3 is 2.24 bits per heavy atom. The van der Waals surface area contributed by atoms with Crippen LogP contribution in [0, 0.1) is 11.8 Å². The van der Waals surface area contributed by atoms with E-state index < -0.39 is 24.0 Å². The molecule has 2 aliphatic rings. The molecule has 1 saturated heterocycles. The Kier molecular flexibility index (Phi) is 6.95. The van der Waals surface area contributed by atoms with E-state index in [1.165, 1.54) is 14.0 Å². The summed E-state index contributed by atoms with van der Waals surface area (Å²) < 4.78 is 10.8. The fourth-order valence-corrected chi connectivity index (χ4v) is 4.70. The van der Waals surface area contributed by atoms with Crippen molar-refractivity contribution >= 4 is 29.4 Å². The Balaban J connectivity index is 1.53. The maximum Gasteiger partial charge on any atom is 0.330 e. The average Bonchev–Trinajstić information content (AvgIpc) is 3.12. The molecular formula is C26H28N2O6. The van der Waals surface area contributed by atoms with Gasteiger partial charge in [-0.1, -0.05) is 49.2 Å². The van der Waals surface area contributed by atoms with Gasteiger partial charge in [0.05, 0.1) is 18.9 Å². The first-order valence-electron chi connectivity index (χ1n) is 11.5. The lowest BCUT2D eigenvalue weighted by Gasteiger charge is -2.25. The summed E-state index contributed by atoms with van der Waals surface area (Å²) in [5.74, 6) is -2.18. The molecule has 1 aliphatic heterocycles. The van der Waals surface area contributed by atoms with Gasteiger partial charge in [0.25, 0.3) is 5.91 Å². The highest BCUT2D eigenvalue weighted by molar-refractivity contribution is 6.08. The molecule has 34 heavy (non-hydrogen) atoms. The zero-order valence-corrected chi connectivity index (χ0v) is 19.2. The molecule has 8 nitrogen and oxygen atoms in total. The lowest BCUT2D eigenvalue weighted by Crippen LogP contribution is -2.45. The fourth-order valence-electron chi connectivity index (χ4n) is 4.70. The van der Waals surface area contributed by atoms with Gasteiger partial charge in [0.1, 0.15) is 11.8 Å². The number of hydrogen-bond donors (Lipinski definition) is 1. The van der Waals surface area contributed by atoms with Gasteiger partial charge >= 0.3 is 5.97 Å². The number of esters is 1. The lowest BCUT2D eigenvalue weighted by atomic mass is 9.81. The van der Waals surface area contributed by atoms with Crippen molar-refractivity contribution in [3.8, 4) is 5.75 Å². The average molecular weight is 465 g/mol. The summed E-state index contributed by atoms with van der Waals surface area (Å²) in [6.07, 6.45) is 1.84. The number of methoxy groups -OCH3 is 1. The van der Waals surface area contributed by atoms with Crippen molar-refractivity contribution in [3.05, 3.63) is 60.2 Å². The minimum Gasteiger partial charge on any atom is -0.497 e. The Morgan fingerprint density at radius 1 is 0.971 bits per heavy atom. The Morgan fingerprint density at radius 2 is 1.62 bits per heavy atom. The van der Waals surface area contributed by atoms with Crippen molar-refractivity contribution < 1.29 is 28.7 Å². The molecule has 2 aromatic rings. The number of nitrogens with zero attached hydrogens (tertiary/aromatic N) is 1. The summed E-state index contributed by atoms with van der Waals surface area (Å²) in [6.45, 7) is 1.47. The number of amides is 3. The zero-order chi connectivity index (χ0) is 24.2. The molecule has 1 heterocycles. The number of likely N-dealkylation sites (tertiary alicyclic amines) is 1. The van der Waals surface area contributed by atoms with Gasteiger partial charge < -0.3 is 14.8 Å². The normalized spacial score (nSPS) is 21.4. The summed E-state index contributed by atoms with van der Waals surface area (Å²) in [5, 5.41) is 2.74. The molecule has 4 rings (SSSR count). The predicted molar refractivity (Wildman–Crippen MR) is 124 cm³/mol. The molecule has 1 N–H and O–H groups in total. The van der Waals surface area contributed by atoms with Crippen molar-refractivity contribution in [1.82, 2.24) is 4.90 Å². The maximum absolute atomic E-state index is 13.1. The molecule has 178 valence electrons. The second kappa shape index (κ2) is 10.1. The van der Waals surface area contributed by atoms with Gasteiger partial charge in [0.2, 0.25) is 17.9 Å². The molecule has 1 aliphatic carbocycles. The number of anilines is 1. The molecule has 8 heteroatoms. The van der Waals surface area contributed by atoms with Crippen LogP contribution in [0.4, 0.5) is 5.69 Å². The number of rotatable bonds is 7. The maximum atomic E-state index is 13.1. The summed E-state index contributed by atoms with van der Waals surface area (Å²) in [5.41, 5.74) is 0.944. The highest BCUT2D eigenvalue weighted by Crippen LogP contribution is 2.39. The second-order valence-corrected chi connectivity index (χ2v) is 8.67. The molecule has 0 bridgehead atoms. The molecule has 1 saturated carbocycles. The van der Waals surface area contributed by atoms with Crippen LogP contribution in [0.15, 0.2) is 54.6 Å². The summed E-state index contributed by atoms with van der Waals surface area (Å²) in [7, 11) is 1.52. The standard InChI is InChI=1S/C26H28N2O6/c1-16(28-24(30)20-13-6-7-14-21(20)25(28)31)26(32)34-22(17-9-4-3-5-10-17)23(29)27-18-11-8-12-19(15-18)33-2/h3-5,8-12,15-16,20-22H,6-7,13-14H2,1-2H3,(H,27,29)/t16-,20?,21?,22?/m0/s1. The summed E-state index contributed by atoms with van der Waals surface area (Å²) >= 11 is 0. The Labute approximate surface area is 198 Å². The number of fused-ring (bicyclic) bond motifs is 1. The number of nitrogens with one attached hydrogen (secondary N) is 1. The van der Waals surface area contributed by atoms with Crippen LogP contribution in [-0.4, -0.2) is 41.7 Å². The SMILES string of the molecule is COc1cccc(NC(=O)C(OC(=O)[C@H](C)N2C(=O)C3CCCCC3C2=O)c2ccccc2)c1. The van der Waals surface area contributed by atoms with Crippen LogP contribution in [-0.2, 0) is 23.9 Å². The van der Waals surface area contributed by atoms with E-state index in [2.05, 4.69) is 5.32 Å². The first-order chi connectivity index (χ1) is 16.4. The first kappa shape index (κ1) is 23.5. The molecular weight excluding hydrogens is 436 g/mol. The monoisotopic (exact) mass is 464 g/mol. The van der Waals surface area contributed by atoms with E-state index >= 15 is 0 Å². The minimum atomic E-state index is -1.27. The van der Waals surface area contributed by atoms with E-state index in [0.29, 0.717) is 29.8 Å². The summed E-state index contributed by atoms with van der Waals surface area (Å²) in [4.78, 5) is 53.1. The van der Waals surface area contributed by atoms with E-state index in [0.717, 1.165) is 17.7 Å². The molecule has 3 unspecified atom stereocenters. The number of hydrogen-bond acceptors (Lipinski definition) is 6. The van der Waals surface area contributed by atoms with Crippen LogP contribution in [0.2, 0.25) is 0 Å². The lowest BCUT2D eigenvalue weighted by molar-refractivity contribution is -0.164. The third kappa shape index (κ3) is 4.66. The van der Waals surface area contributed by atoms with E-state index in [1.54, 1.807) is 54.6 Å². The van der Waals surface area contributed by atoms with Crippen LogP contribution in [0.5, 0.6) is 5.75 Å². The Hall–Kier alpha value is -3.68. The van der Waals surface area contributed by atoms with Crippen molar-refractivity contribution in [2.75, 3.05) is 12.4 Å². The van der Waals surface area contributed by atoms with Crippen molar-refractivity contribution in [2.24, 2.45) is 11.8 Å². The molecule has 4 atom stereocenters. The number of carbonyl (C=O) groups is 4. The fraction of sp³-hybridized carbons (Fsp3) is 0.385. The molecule has 2 fully saturated rings. The van der Waals surface area contributed by atoms with Crippen LogP contribution < -0.4 is 10.1 Å². The number of ether oxygens (including phenoxy) is 2. The van der Waals surface area contributed by atoms with Gasteiger partial charge in [-0.2, -0.15) is 0 Å². The highest BCUT2D eigenvalue weighted by Gasteiger charge is 2.51. The molecule has 2 aromatic carbocycles. The van der Waals surface area contributed by atoms with E-state index in [9.17, 15) is 19.2 Å². The summed E-state index contributed by atoms with van der Waals surface area (Å²) in [6, 6.07) is 14.3. The molecule has 0 radical (unpaired) electrons. The Bertz CT molecular complexity index is 1060. The van der Waals surface area contributed by atoms with Gasteiger partial charge in [0.15, 0.2) is 0 Å².